The van der Waals surface area contributed by atoms with E-state index in [2.05, 4.69) is 15.2 Å². The quantitative estimate of drug-likeness (QED) is 0.778. The normalized spacial score (nSPS) is 24.2. The Kier molecular flexibility index (Phi) is 3.86. The Morgan fingerprint density at radius 1 is 1.29 bits per heavy atom. The van der Waals surface area contributed by atoms with Crippen LogP contribution in [0.5, 0.6) is 0 Å². The first-order valence-corrected chi connectivity index (χ1v) is 8.51. The number of nitrogens with two attached hydrogens (primary N) is 1. The van der Waals surface area contributed by atoms with Crippen LogP contribution in [0.15, 0.2) is 29.1 Å². The van der Waals surface area contributed by atoms with Gasteiger partial charge in [0, 0.05) is 53.9 Å². The molecule has 0 saturated carbocycles. The summed E-state index contributed by atoms with van der Waals surface area (Å²) in [5.41, 5.74) is 7.23. The molecule has 2 aliphatic heterocycles. The zero-order chi connectivity index (χ0) is 16.7. The number of fused-ring (bicyclic) bond motifs is 2. The summed E-state index contributed by atoms with van der Waals surface area (Å²) >= 11 is 0. The van der Waals surface area contributed by atoms with Gasteiger partial charge in [-0.2, -0.15) is 0 Å². The number of H-pyrrole nitrogens is 1. The lowest BCUT2D eigenvalue weighted by Crippen LogP contribution is -2.40. The molecule has 2 atom stereocenters. The number of amides is 1. The number of rotatable bonds is 3. The highest BCUT2D eigenvalue weighted by molar-refractivity contribution is 5.96. The number of carbonyl (C=O) groups is 1. The van der Waals surface area contributed by atoms with Crippen LogP contribution in [0.25, 0.3) is 10.9 Å². The van der Waals surface area contributed by atoms with E-state index >= 15 is 0 Å². The number of primary amides is 1. The van der Waals surface area contributed by atoms with Crippen LogP contribution in [-0.2, 0) is 6.54 Å². The zero-order valence-electron chi connectivity index (χ0n) is 13.5. The van der Waals surface area contributed by atoms with Crippen LogP contribution < -0.4 is 16.5 Å². The molecule has 1 aromatic carbocycles. The van der Waals surface area contributed by atoms with Gasteiger partial charge >= 0.3 is 0 Å². The third kappa shape index (κ3) is 2.83. The maximum absolute atomic E-state index is 12.4. The van der Waals surface area contributed by atoms with Crippen LogP contribution >= 0.6 is 0 Å². The standard InChI is InChI=1S/C18H22N4O2/c19-18(24)11-3-4-15-14(6-11)17(23)7-13(21-15)9-22-8-12-2-1-5-20-16(12)10-22/h3-4,6-7,12,16,20H,1-2,5,8-10H2,(H2,19,24)(H,21,23). The Hall–Kier alpha value is -2.18. The number of likely N-dealkylation sites (tertiary alicyclic amines) is 1. The predicted octanol–water partition coefficient (Wildman–Crippen LogP) is 0.811. The molecule has 2 fully saturated rings. The third-order valence-corrected chi connectivity index (χ3v) is 5.24. The van der Waals surface area contributed by atoms with Crippen molar-refractivity contribution in [3.8, 4) is 0 Å². The van der Waals surface area contributed by atoms with Crippen molar-refractivity contribution in [1.29, 1.82) is 0 Å². The lowest BCUT2D eigenvalue weighted by atomic mass is 9.94. The molecule has 0 radical (unpaired) electrons. The molecule has 4 N–H and O–H groups in total. The summed E-state index contributed by atoms with van der Waals surface area (Å²) < 4.78 is 0. The molecule has 24 heavy (non-hydrogen) atoms. The van der Waals surface area contributed by atoms with Gasteiger partial charge < -0.3 is 16.0 Å². The lowest BCUT2D eigenvalue weighted by molar-refractivity contribution is 0.100. The summed E-state index contributed by atoms with van der Waals surface area (Å²) in [6.07, 6.45) is 2.54. The van der Waals surface area contributed by atoms with Crippen molar-refractivity contribution >= 4 is 16.8 Å². The highest BCUT2D eigenvalue weighted by Crippen LogP contribution is 2.25. The largest absolute Gasteiger partial charge is 0.366 e. The van der Waals surface area contributed by atoms with Gasteiger partial charge in [-0.25, -0.2) is 0 Å². The van der Waals surface area contributed by atoms with E-state index in [0.29, 0.717) is 17.0 Å². The molecule has 3 heterocycles. The Morgan fingerprint density at radius 2 is 2.17 bits per heavy atom. The number of carbonyl (C=O) groups excluding carboxylic acids is 1. The van der Waals surface area contributed by atoms with E-state index in [4.69, 9.17) is 5.73 Å². The Labute approximate surface area is 140 Å². The highest BCUT2D eigenvalue weighted by Gasteiger charge is 2.34. The van der Waals surface area contributed by atoms with Gasteiger partial charge in [0.05, 0.1) is 0 Å². The number of aromatic nitrogens is 1. The summed E-state index contributed by atoms with van der Waals surface area (Å²) in [6, 6.07) is 7.20. The number of pyridine rings is 1. The smallest absolute Gasteiger partial charge is 0.248 e. The van der Waals surface area contributed by atoms with E-state index in [9.17, 15) is 9.59 Å². The maximum atomic E-state index is 12.4. The van der Waals surface area contributed by atoms with Gasteiger partial charge in [0.25, 0.3) is 0 Å². The first kappa shape index (κ1) is 15.4. The first-order valence-electron chi connectivity index (χ1n) is 8.51. The molecule has 0 aliphatic carbocycles. The maximum Gasteiger partial charge on any atom is 0.248 e. The van der Waals surface area contributed by atoms with Crippen LogP contribution in [-0.4, -0.2) is 41.5 Å². The van der Waals surface area contributed by atoms with Crippen molar-refractivity contribution < 1.29 is 4.79 Å². The average Bonchev–Trinajstić information content (AvgIpc) is 2.96. The molecule has 2 saturated heterocycles. The summed E-state index contributed by atoms with van der Waals surface area (Å²) in [5, 5.41) is 4.10. The molecule has 1 aromatic heterocycles. The fourth-order valence-electron chi connectivity index (χ4n) is 4.05. The number of nitrogens with one attached hydrogen (secondary N) is 2. The van der Waals surface area contributed by atoms with Gasteiger partial charge in [-0.3, -0.25) is 14.5 Å². The van der Waals surface area contributed by atoms with E-state index in [1.165, 1.54) is 12.8 Å². The minimum atomic E-state index is -0.521. The minimum absolute atomic E-state index is 0.0726. The van der Waals surface area contributed by atoms with E-state index in [-0.39, 0.29) is 5.43 Å². The SMILES string of the molecule is NC(=O)c1ccc2[nH]c(CN3CC4CCCNC4C3)cc(=O)c2c1. The van der Waals surface area contributed by atoms with Gasteiger partial charge in [-0.05, 0) is 43.5 Å². The lowest BCUT2D eigenvalue weighted by Gasteiger charge is -2.24. The van der Waals surface area contributed by atoms with E-state index < -0.39 is 5.91 Å². The second kappa shape index (κ2) is 6.03. The highest BCUT2D eigenvalue weighted by atomic mass is 16.1. The second-order valence-electron chi connectivity index (χ2n) is 6.94. The number of hydrogen-bond acceptors (Lipinski definition) is 4. The van der Waals surface area contributed by atoms with Gasteiger partial charge in [-0.1, -0.05) is 0 Å². The fourth-order valence-corrected chi connectivity index (χ4v) is 4.05. The predicted molar refractivity (Wildman–Crippen MR) is 92.9 cm³/mol. The molecular weight excluding hydrogens is 304 g/mol. The third-order valence-electron chi connectivity index (χ3n) is 5.24. The molecule has 4 rings (SSSR count). The molecular formula is C18H22N4O2. The minimum Gasteiger partial charge on any atom is -0.366 e. The van der Waals surface area contributed by atoms with Crippen molar-refractivity contribution in [2.24, 2.45) is 11.7 Å². The Balaban J connectivity index is 1.58. The summed E-state index contributed by atoms with van der Waals surface area (Å²) in [7, 11) is 0. The van der Waals surface area contributed by atoms with Crippen molar-refractivity contribution in [3.63, 3.8) is 0 Å². The average molecular weight is 326 g/mol. The van der Waals surface area contributed by atoms with Crippen molar-refractivity contribution in [3.05, 3.63) is 45.7 Å². The molecule has 2 aliphatic rings. The number of benzene rings is 1. The van der Waals surface area contributed by atoms with Crippen molar-refractivity contribution in [2.45, 2.75) is 25.4 Å². The summed E-state index contributed by atoms with van der Waals surface area (Å²) in [6.45, 7) is 3.98. The monoisotopic (exact) mass is 326 g/mol. The summed E-state index contributed by atoms with van der Waals surface area (Å²) in [5.74, 6) is 0.205. The zero-order valence-corrected chi connectivity index (χ0v) is 13.5. The Morgan fingerprint density at radius 3 is 2.96 bits per heavy atom. The second-order valence-corrected chi connectivity index (χ2v) is 6.94. The van der Waals surface area contributed by atoms with Crippen molar-refractivity contribution in [2.75, 3.05) is 19.6 Å². The number of piperidine rings is 1. The van der Waals surface area contributed by atoms with E-state index in [1.807, 2.05) is 0 Å². The van der Waals surface area contributed by atoms with Gasteiger partial charge in [-0.15, -0.1) is 0 Å². The van der Waals surface area contributed by atoms with E-state index in [1.54, 1.807) is 24.3 Å². The molecule has 2 unspecified atom stereocenters. The molecule has 6 heteroatoms. The summed E-state index contributed by atoms with van der Waals surface area (Å²) in [4.78, 5) is 29.4. The van der Waals surface area contributed by atoms with Gasteiger partial charge in [0.2, 0.25) is 5.91 Å². The van der Waals surface area contributed by atoms with Crippen LogP contribution in [0.2, 0.25) is 0 Å². The molecule has 126 valence electrons. The van der Waals surface area contributed by atoms with Crippen LogP contribution in [0.4, 0.5) is 0 Å². The van der Waals surface area contributed by atoms with Crippen LogP contribution in [0.3, 0.4) is 0 Å². The van der Waals surface area contributed by atoms with Gasteiger partial charge in [0.15, 0.2) is 5.43 Å². The number of hydrogen-bond donors (Lipinski definition) is 3. The molecule has 0 spiro atoms. The number of aromatic amines is 1. The topological polar surface area (TPSA) is 91.2 Å². The number of nitrogens with zero attached hydrogens (tertiary/aromatic N) is 1. The Bertz CT molecular complexity index is 831. The van der Waals surface area contributed by atoms with Crippen LogP contribution in [0.1, 0.15) is 28.9 Å². The molecule has 0 bridgehead atoms. The van der Waals surface area contributed by atoms with E-state index in [0.717, 1.165) is 43.3 Å². The van der Waals surface area contributed by atoms with Crippen LogP contribution in [0, 0.1) is 5.92 Å². The fraction of sp³-hybridized carbons (Fsp3) is 0.444. The molecule has 1 amide bonds. The molecule has 2 aromatic rings. The molecule has 6 nitrogen and oxygen atoms in total. The first-order chi connectivity index (χ1) is 11.6. The van der Waals surface area contributed by atoms with Crippen molar-refractivity contribution in [1.82, 2.24) is 15.2 Å². The van der Waals surface area contributed by atoms with Gasteiger partial charge in [0.1, 0.15) is 0 Å².